The van der Waals surface area contributed by atoms with E-state index >= 15 is 0 Å². The van der Waals surface area contributed by atoms with Gasteiger partial charge in [0, 0.05) is 124 Å². The number of rotatable bonds is 16. The van der Waals surface area contributed by atoms with Gasteiger partial charge in [0.15, 0.2) is 0 Å². The molecule has 668 valence electrons. The summed E-state index contributed by atoms with van der Waals surface area (Å²) in [6.45, 7) is 4.73. The van der Waals surface area contributed by atoms with E-state index in [2.05, 4.69) is 554 Å². The van der Waals surface area contributed by atoms with Crippen LogP contribution >= 0.6 is 22.7 Å². The topological polar surface area (TPSA) is 16.3 Å². The molecule has 22 aromatic carbocycles. The van der Waals surface area contributed by atoms with E-state index in [0.717, 1.165) is 45.5 Å². The zero-order chi connectivity index (χ0) is 94.1. The Morgan fingerprint density at radius 2 is 0.514 bits per heavy atom. The average Bonchev–Trinajstić information content (AvgIpc) is 1.58. The molecule has 26 aromatic rings. The van der Waals surface area contributed by atoms with Crippen LogP contribution in [0.1, 0.15) is 47.2 Å². The number of hydrogen-bond donors (Lipinski definition) is 0. The smallest absolute Gasteiger partial charge is 0.0714 e. The van der Waals surface area contributed by atoms with Gasteiger partial charge in [-0.25, -0.2) is 0 Å². The molecule has 28 rings (SSSR count). The fourth-order valence-electron chi connectivity index (χ4n) is 23.3. The number of aromatic nitrogens is 2. The van der Waals surface area contributed by atoms with E-state index in [4.69, 9.17) is 0 Å². The highest BCUT2D eigenvalue weighted by atomic mass is 32.1. The molecule has 0 saturated heterocycles. The highest BCUT2D eigenvalue weighted by molar-refractivity contribution is 7.27. The van der Waals surface area contributed by atoms with Gasteiger partial charge in [0.05, 0.1) is 27.5 Å². The van der Waals surface area contributed by atoms with E-state index in [9.17, 15) is 0 Å². The normalized spacial score (nSPS) is 12.7. The highest BCUT2D eigenvalue weighted by Gasteiger charge is 2.47. The van der Waals surface area contributed by atoms with Crippen molar-refractivity contribution in [1.29, 1.82) is 0 Å². The molecular formula is C136H92N4S2. The Balaban J connectivity index is 0.000000143. The molecule has 2 aliphatic rings. The van der Waals surface area contributed by atoms with Crippen molar-refractivity contribution in [3.05, 3.63) is 555 Å². The largest absolute Gasteiger partial charge is 0.310 e. The Hall–Kier alpha value is -17.5. The number of anilines is 6. The van der Waals surface area contributed by atoms with Gasteiger partial charge < -0.3 is 18.9 Å². The number of benzene rings is 22. The molecule has 0 amide bonds. The Bertz CT molecular complexity index is 9380. The predicted octanol–water partition coefficient (Wildman–Crippen LogP) is 37.9. The fourth-order valence-corrected chi connectivity index (χ4v) is 25.8. The molecule has 0 N–H and O–H groups in total. The molecule has 142 heavy (non-hydrogen) atoms. The summed E-state index contributed by atoms with van der Waals surface area (Å²) >= 11 is 3.79. The molecule has 4 heterocycles. The summed E-state index contributed by atoms with van der Waals surface area (Å²) in [5.74, 6) is 0. The van der Waals surface area contributed by atoms with Gasteiger partial charge in [-0.1, -0.05) is 402 Å². The maximum Gasteiger partial charge on any atom is 0.0714 e. The maximum atomic E-state index is 2.51. The van der Waals surface area contributed by atoms with Crippen LogP contribution < -0.4 is 9.80 Å². The van der Waals surface area contributed by atoms with Crippen molar-refractivity contribution in [2.75, 3.05) is 9.80 Å². The zero-order valence-electron chi connectivity index (χ0n) is 78.3. The summed E-state index contributed by atoms with van der Waals surface area (Å²) in [6.07, 6.45) is 0. The third-order valence-electron chi connectivity index (χ3n) is 29.8. The van der Waals surface area contributed by atoms with Gasteiger partial charge in [0.25, 0.3) is 0 Å². The molecule has 0 aliphatic heterocycles. The maximum absolute atomic E-state index is 2.51. The predicted molar refractivity (Wildman–Crippen MR) is 604 cm³/mol. The van der Waals surface area contributed by atoms with Crippen molar-refractivity contribution >= 4 is 141 Å². The van der Waals surface area contributed by atoms with Crippen molar-refractivity contribution in [1.82, 2.24) is 9.13 Å². The number of thiophene rings is 2. The number of para-hydroxylation sites is 2. The minimum atomic E-state index is -0.542. The lowest BCUT2D eigenvalue weighted by Crippen LogP contribution is -2.28. The SMILES string of the molecule is CC1(C)c2ccccc2-c2ccc(N(c3ccc(-c4ccccc4)cc3)c3cccc(-c4cc5c6ccccc6n(-c6cccc(-c7ccccc7)c6)c5c5c4sc4ccccc45)c3)cc21.c1ccc(-c2ccc(N(c3cccc(-c4cc5c6ccccc6n(-c6cccc(-c7ccccc7)c6)c5c5c4sc4ccccc45)c3)c3ccc4c(c3)C(c3ccccc3)(c3ccccc3)c3ccccc3-4)cc2)cc1. The lowest BCUT2D eigenvalue weighted by molar-refractivity contribution is 0.660. The van der Waals surface area contributed by atoms with E-state index < -0.39 is 5.41 Å². The molecule has 0 saturated carbocycles. The van der Waals surface area contributed by atoms with Crippen molar-refractivity contribution in [2.24, 2.45) is 0 Å². The fraction of sp³-hybridized carbons (Fsp3) is 0.0294. The monoisotopic (exact) mass is 1840 g/mol. The molecule has 0 unspecified atom stereocenters. The summed E-state index contributed by atoms with van der Waals surface area (Å²) in [6, 6.07) is 193. The first-order chi connectivity index (χ1) is 70.2. The summed E-state index contributed by atoms with van der Waals surface area (Å²) in [4.78, 5) is 4.92. The lowest BCUT2D eigenvalue weighted by atomic mass is 9.67. The molecule has 0 fully saturated rings. The van der Waals surface area contributed by atoms with E-state index in [1.165, 1.54) is 206 Å². The third-order valence-corrected chi connectivity index (χ3v) is 32.2. The van der Waals surface area contributed by atoms with Gasteiger partial charge in [0.2, 0.25) is 0 Å². The van der Waals surface area contributed by atoms with Crippen LogP contribution in [0.15, 0.2) is 522 Å². The Morgan fingerprint density at radius 3 is 0.965 bits per heavy atom. The van der Waals surface area contributed by atoms with E-state index in [1.807, 2.05) is 22.7 Å². The first kappa shape index (κ1) is 83.8. The molecule has 4 nitrogen and oxygen atoms in total. The second-order valence-corrected chi connectivity index (χ2v) is 40.1. The Morgan fingerprint density at radius 1 is 0.197 bits per heavy atom. The number of fused-ring (bicyclic) bond motifs is 20. The second kappa shape index (κ2) is 34.3. The van der Waals surface area contributed by atoms with Crippen LogP contribution in [0.25, 0.3) is 184 Å². The van der Waals surface area contributed by atoms with Gasteiger partial charge in [-0.15, -0.1) is 22.7 Å². The van der Waals surface area contributed by atoms with Crippen LogP contribution in [0.3, 0.4) is 0 Å². The van der Waals surface area contributed by atoms with E-state index in [1.54, 1.807) is 0 Å². The minimum absolute atomic E-state index is 0.128. The quantitative estimate of drug-likeness (QED) is 0.0959. The summed E-state index contributed by atoms with van der Waals surface area (Å²) < 4.78 is 10.1. The standard InChI is InChI=1S/C73H48N2S.C63H44N2S/c1-5-21-49(22-6-1)51-39-41-56(42-40-51)74(59-43-44-61-60-33-13-16-36-66(60)73(67(61)47-59,54-27-9-3-10-28-54)55-29-11-4-12-30-55)57-31-20-26-53(46-57)64-48-65-62-34-14-17-37-68(62)75(58-32-19-25-52(45-58)50-23-7-2-8-24-50)71(65)70-63-35-15-18-38-69(63)76-72(64)70;1-63(2)56-28-12-9-25-50(56)51-36-35-49(39-57(51)63)64(46-33-31-43(32-34-46)41-17-5-3-6-18-41)47-23-16-22-45(38-47)54-40-55-52-26-10-13-29-58(52)65(48-24-15-21-44(37-48)42-19-7-4-8-20-42)61(55)60-53-27-11-14-30-59(53)66-62(54)60/h1-48H;3-40H,1-2H3. The van der Waals surface area contributed by atoms with Gasteiger partial charge >= 0.3 is 0 Å². The number of hydrogen-bond acceptors (Lipinski definition) is 4. The molecule has 4 aromatic heterocycles. The summed E-state index contributed by atoms with van der Waals surface area (Å²) in [5.41, 5.74) is 40.5. The van der Waals surface area contributed by atoms with Crippen LogP contribution in [0.4, 0.5) is 34.1 Å². The average molecular weight is 1850 g/mol. The van der Waals surface area contributed by atoms with Crippen molar-refractivity contribution in [2.45, 2.75) is 24.7 Å². The van der Waals surface area contributed by atoms with E-state index in [-0.39, 0.29) is 5.41 Å². The van der Waals surface area contributed by atoms with Crippen molar-refractivity contribution < 1.29 is 0 Å². The molecule has 0 bridgehead atoms. The Labute approximate surface area is 833 Å². The van der Waals surface area contributed by atoms with Crippen LogP contribution in [0.2, 0.25) is 0 Å². The summed E-state index contributed by atoms with van der Waals surface area (Å²) in [5, 5.41) is 10.1. The third kappa shape index (κ3) is 13.8. The van der Waals surface area contributed by atoms with Gasteiger partial charge in [-0.3, -0.25) is 0 Å². The molecule has 0 spiro atoms. The highest BCUT2D eigenvalue weighted by Crippen LogP contribution is 2.60. The second-order valence-electron chi connectivity index (χ2n) is 38.0. The lowest BCUT2D eigenvalue weighted by Gasteiger charge is -2.35. The van der Waals surface area contributed by atoms with Crippen molar-refractivity contribution in [3.63, 3.8) is 0 Å². The first-order valence-corrected chi connectivity index (χ1v) is 50.6. The van der Waals surface area contributed by atoms with Gasteiger partial charge in [-0.05, 0) is 245 Å². The summed E-state index contributed by atoms with van der Waals surface area (Å²) in [7, 11) is 0. The van der Waals surface area contributed by atoms with Crippen LogP contribution in [0.5, 0.6) is 0 Å². The first-order valence-electron chi connectivity index (χ1n) is 49.0. The van der Waals surface area contributed by atoms with Crippen LogP contribution in [-0.4, -0.2) is 9.13 Å². The molecule has 6 heteroatoms. The Kier molecular flexibility index (Phi) is 20.2. The molecule has 0 radical (unpaired) electrons. The molecule has 0 atom stereocenters. The molecular weight excluding hydrogens is 1750 g/mol. The number of nitrogens with zero attached hydrogens (tertiary/aromatic N) is 4. The van der Waals surface area contributed by atoms with Gasteiger partial charge in [0.1, 0.15) is 0 Å². The van der Waals surface area contributed by atoms with Gasteiger partial charge in [-0.2, -0.15) is 0 Å². The van der Waals surface area contributed by atoms with Crippen molar-refractivity contribution in [3.8, 4) is 100 Å². The molecule has 2 aliphatic carbocycles. The van der Waals surface area contributed by atoms with E-state index in [0.29, 0.717) is 0 Å². The van der Waals surface area contributed by atoms with Crippen LogP contribution in [-0.2, 0) is 10.8 Å². The van der Waals surface area contributed by atoms with Crippen LogP contribution in [0, 0.1) is 0 Å². The minimum Gasteiger partial charge on any atom is -0.310 e. The zero-order valence-corrected chi connectivity index (χ0v) is 79.9.